The predicted molar refractivity (Wildman–Crippen MR) is 82.8 cm³/mol. The van der Waals surface area contributed by atoms with Crippen LogP contribution in [0.25, 0.3) is 0 Å². The number of benzene rings is 1. The monoisotopic (exact) mass is 353 g/mol. The highest BCUT2D eigenvalue weighted by Gasteiger charge is 1.97. The Kier molecular flexibility index (Phi) is 4.99. The average molecular weight is 353 g/mol. The third-order valence-corrected chi connectivity index (χ3v) is 3.54. The van der Waals surface area contributed by atoms with E-state index < -0.39 is 0 Å². The van der Waals surface area contributed by atoms with Crippen LogP contribution in [0.4, 0.5) is 0 Å². The molecule has 94 valence electrons. The first-order chi connectivity index (χ1) is 8.75. The zero-order valence-corrected chi connectivity index (χ0v) is 12.3. The molecule has 0 aliphatic heterocycles. The predicted octanol–water partition coefficient (Wildman–Crippen LogP) is 3.48. The Balaban J connectivity index is 1.82. The summed E-state index contributed by atoms with van der Waals surface area (Å²) in [5.41, 5.74) is 1.46. The van der Waals surface area contributed by atoms with Gasteiger partial charge in [-0.1, -0.05) is 30.3 Å². The molecule has 2 rings (SSSR count). The number of unbranched alkanes of at least 4 members (excludes halogenated alkanes) is 1. The minimum atomic E-state index is 0.0927. The fourth-order valence-electron chi connectivity index (χ4n) is 1.93. The molecule has 0 amide bonds. The van der Waals surface area contributed by atoms with E-state index in [1.54, 1.807) is 10.6 Å². The molecule has 0 aliphatic carbocycles. The zero-order chi connectivity index (χ0) is 12.8. The summed E-state index contributed by atoms with van der Waals surface area (Å²) < 4.78 is 2.91. The van der Waals surface area contributed by atoms with Crippen LogP contribution in [0.1, 0.15) is 18.4 Å². The van der Waals surface area contributed by atoms with Crippen LogP contribution in [-0.4, -0.2) is 4.57 Å². The topological polar surface area (TPSA) is 22.0 Å². The van der Waals surface area contributed by atoms with Gasteiger partial charge in [-0.2, -0.15) is 0 Å². The fraction of sp³-hybridized carbons (Fsp3) is 0.267. The minimum absolute atomic E-state index is 0.0927. The van der Waals surface area contributed by atoms with Crippen molar-refractivity contribution in [2.45, 2.75) is 25.8 Å². The van der Waals surface area contributed by atoms with Gasteiger partial charge in [-0.25, -0.2) is 0 Å². The summed E-state index contributed by atoms with van der Waals surface area (Å²) in [5.74, 6) is 0. The van der Waals surface area contributed by atoms with Crippen LogP contribution in [0.15, 0.2) is 53.5 Å². The number of hydrogen-bond donors (Lipinski definition) is 0. The van der Waals surface area contributed by atoms with Gasteiger partial charge in [-0.05, 0) is 53.5 Å². The Hall–Kier alpha value is -1.10. The standard InChI is InChI=1S/C15H16INO/c16-14-9-10-15(18)17(12-14)11-5-4-8-13-6-2-1-3-7-13/h1-3,6-7,9-10,12H,4-5,8,11H2. The van der Waals surface area contributed by atoms with Crippen molar-refractivity contribution in [3.05, 3.63) is 68.1 Å². The van der Waals surface area contributed by atoms with E-state index in [0.29, 0.717) is 0 Å². The summed E-state index contributed by atoms with van der Waals surface area (Å²) in [5, 5.41) is 0. The molecule has 0 radical (unpaired) electrons. The molecule has 0 spiro atoms. The third-order valence-electron chi connectivity index (χ3n) is 2.90. The Morgan fingerprint density at radius 2 is 1.78 bits per heavy atom. The molecule has 1 aromatic carbocycles. The maximum Gasteiger partial charge on any atom is 0.250 e. The molecule has 0 aliphatic rings. The molecular weight excluding hydrogens is 337 g/mol. The molecule has 1 aromatic heterocycles. The second-order valence-electron chi connectivity index (χ2n) is 4.32. The lowest BCUT2D eigenvalue weighted by Crippen LogP contribution is -2.18. The summed E-state index contributed by atoms with van der Waals surface area (Å²) in [4.78, 5) is 11.6. The fourth-order valence-corrected chi connectivity index (χ4v) is 2.45. The van der Waals surface area contributed by atoms with Crippen LogP contribution in [-0.2, 0) is 13.0 Å². The van der Waals surface area contributed by atoms with E-state index in [-0.39, 0.29) is 5.56 Å². The summed E-state index contributed by atoms with van der Waals surface area (Å²) >= 11 is 2.23. The highest BCUT2D eigenvalue weighted by molar-refractivity contribution is 14.1. The largest absolute Gasteiger partial charge is 0.314 e. The van der Waals surface area contributed by atoms with E-state index in [9.17, 15) is 4.79 Å². The molecule has 0 fully saturated rings. The van der Waals surface area contributed by atoms with Gasteiger partial charge < -0.3 is 4.57 Å². The number of hydrogen-bond acceptors (Lipinski definition) is 1. The van der Waals surface area contributed by atoms with Gasteiger partial charge in [-0.15, -0.1) is 0 Å². The quantitative estimate of drug-likeness (QED) is 0.596. The van der Waals surface area contributed by atoms with Crippen LogP contribution in [0, 0.1) is 3.57 Å². The molecule has 0 N–H and O–H groups in total. The van der Waals surface area contributed by atoms with Crippen LogP contribution in [0.2, 0.25) is 0 Å². The van der Waals surface area contributed by atoms with Crippen molar-refractivity contribution in [1.82, 2.24) is 4.57 Å². The van der Waals surface area contributed by atoms with Gasteiger partial charge >= 0.3 is 0 Å². The molecule has 2 nitrogen and oxygen atoms in total. The number of rotatable bonds is 5. The maximum atomic E-state index is 11.6. The molecule has 3 heteroatoms. The van der Waals surface area contributed by atoms with Crippen molar-refractivity contribution in [3.8, 4) is 0 Å². The van der Waals surface area contributed by atoms with Crippen molar-refractivity contribution in [1.29, 1.82) is 0 Å². The molecular formula is C15H16INO. The molecule has 0 bridgehead atoms. The summed E-state index contributed by atoms with van der Waals surface area (Å²) in [6, 6.07) is 14.0. The number of aryl methyl sites for hydroxylation is 2. The van der Waals surface area contributed by atoms with E-state index in [1.807, 2.05) is 18.3 Å². The van der Waals surface area contributed by atoms with Crippen LogP contribution in [0.3, 0.4) is 0 Å². The number of nitrogens with zero attached hydrogens (tertiary/aromatic N) is 1. The van der Waals surface area contributed by atoms with E-state index in [1.165, 1.54) is 5.56 Å². The van der Waals surface area contributed by atoms with Crippen molar-refractivity contribution in [2.75, 3.05) is 0 Å². The van der Waals surface area contributed by atoms with Gasteiger partial charge in [0.05, 0.1) is 0 Å². The van der Waals surface area contributed by atoms with Gasteiger partial charge in [-0.3, -0.25) is 4.79 Å². The first-order valence-corrected chi connectivity index (χ1v) is 7.23. The van der Waals surface area contributed by atoms with Crippen molar-refractivity contribution in [2.24, 2.45) is 0 Å². The van der Waals surface area contributed by atoms with Gasteiger partial charge in [0.2, 0.25) is 0 Å². The maximum absolute atomic E-state index is 11.6. The summed E-state index contributed by atoms with van der Waals surface area (Å²) in [6.45, 7) is 0.808. The Morgan fingerprint density at radius 3 is 2.56 bits per heavy atom. The highest BCUT2D eigenvalue weighted by Crippen LogP contribution is 2.06. The van der Waals surface area contributed by atoms with Crippen LogP contribution < -0.4 is 5.56 Å². The molecule has 0 atom stereocenters. The van der Waals surface area contributed by atoms with Crippen molar-refractivity contribution < 1.29 is 0 Å². The lowest BCUT2D eigenvalue weighted by molar-refractivity contribution is 0.592. The third kappa shape index (κ3) is 3.98. The lowest BCUT2D eigenvalue weighted by Gasteiger charge is -2.06. The smallest absolute Gasteiger partial charge is 0.250 e. The van der Waals surface area contributed by atoms with E-state index in [4.69, 9.17) is 0 Å². The number of pyridine rings is 1. The first kappa shape index (κ1) is 13.3. The molecule has 0 unspecified atom stereocenters. The second kappa shape index (κ2) is 6.73. The molecule has 1 heterocycles. The van der Waals surface area contributed by atoms with Crippen molar-refractivity contribution >= 4 is 22.6 Å². The first-order valence-electron chi connectivity index (χ1n) is 6.15. The van der Waals surface area contributed by atoms with Gasteiger partial charge in [0.1, 0.15) is 0 Å². The normalized spacial score (nSPS) is 10.5. The molecule has 18 heavy (non-hydrogen) atoms. The van der Waals surface area contributed by atoms with E-state index in [2.05, 4.69) is 46.9 Å². The van der Waals surface area contributed by atoms with Gasteiger partial charge in [0.15, 0.2) is 0 Å². The molecule has 0 saturated heterocycles. The van der Waals surface area contributed by atoms with Crippen LogP contribution in [0.5, 0.6) is 0 Å². The summed E-state index contributed by atoms with van der Waals surface area (Å²) in [7, 11) is 0. The van der Waals surface area contributed by atoms with Gasteiger partial charge in [0, 0.05) is 22.4 Å². The van der Waals surface area contributed by atoms with Gasteiger partial charge in [0.25, 0.3) is 5.56 Å². The Morgan fingerprint density at radius 1 is 1.00 bits per heavy atom. The summed E-state index contributed by atoms with van der Waals surface area (Å²) in [6.07, 6.45) is 5.15. The SMILES string of the molecule is O=c1ccc(I)cn1CCCCc1ccccc1. The lowest BCUT2D eigenvalue weighted by atomic mass is 10.1. The molecule has 0 saturated carbocycles. The minimum Gasteiger partial charge on any atom is -0.314 e. The van der Waals surface area contributed by atoms with E-state index >= 15 is 0 Å². The van der Waals surface area contributed by atoms with Crippen LogP contribution >= 0.6 is 22.6 Å². The second-order valence-corrected chi connectivity index (χ2v) is 5.57. The molecule has 2 aromatic rings. The zero-order valence-electron chi connectivity index (χ0n) is 10.2. The number of halogens is 1. The highest BCUT2D eigenvalue weighted by atomic mass is 127. The number of aromatic nitrogens is 1. The van der Waals surface area contributed by atoms with Crippen molar-refractivity contribution in [3.63, 3.8) is 0 Å². The average Bonchev–Trinajstić information content (AvgIpc) is 2.40. The Labute approximate surface area is 121 Å². The van der Waals surface area contributed by atoms with E-state index in [0.717, 1.165) is 29.4 Å². The Bertz CT molecular complexity index is 548.